The Kier molecular flexibility index (Phi) is 4.99. The van der Waals surface area contributed by atoms with E-state index in [9.17, 15) is 18.0 Å². The van der Waals surface area contributed by atoms with Gasteiger partial charge in [0.05, 0.1) is 21.7 Å². The highest BCUT2D eigenvalue weighted by atomic mass is 35.5. The van der Waals surface area contributed by atoms with E-state index < -0.39 is 18.6 Å². The highest BCUT2D eigenvalue weighted by Crippen LogP contribution is 2.24. The Bertz CT molecular complexity index is 466. The van der Waals surface area contributed by atoms with Gasteiger partial charge in [-0.25, -0.2) is 0 Å². The number of halogens is 4. The predicted molar refractivity (Wildman–Crippen MR) is 61.5 cm³/mol. The second-order valence-electron chi connectivity index (χ2n) is 3.35. The Morgan fingerprint density at radius 2 is 2.17 bits per heavy atom. The number of hydrogen-bond acceptors (Lipinski definition) is 3. The molecule has 1 rings (SSSR count). The van der Waals surface area contributed by atoms with Gasteiger partial charge in [-0.2, -0.15) is 18.4 Å². The van der Waals surface area contributed by atoms with Crippen molar-refractivity contribution in [3.8, 4) is 6.07 Å². The van der Waals surface area contributed by atoms with Crippen molar-refractivity contribution in [3.05, 3.63) is 21.3 Å². The second-order valence-corrected chi connectivity index (χ2v) is 5.07. The summed E-state index contributed by atoms with van der Waals surface area (Å²) in [5.74, 6) is -0.764. The quantitative estimate of drug-likeness (QED) is 0.855. The largest absolute Gasteiger partial charge is 0.406 e. The Morgan fingerprint density at radius 3 is 2.61 bits per heavy atom. The summed E-state index contributed by atoms with van der Waals surface area (Å²) < 4.78 is 37.3. The van der Waals surface area contributed by atoms with Crippen molar-refractivity contribution in [2.24, 2.45) is 0 Å². The van der Waals surface area contributed by atoms with Crippen LogP contribution < -0.4 is 0 Å². The molecule has 1 aromatic rings. The Balaban J connectivity index is 2.82. The fourth-order valence-electron chi connectivity index (χ4n) is 1.24. The van der Waals surface area contributed by atoms with E-state index >= 15 is 0 Å². The molecule has 0 spiro atoms. The van der Waals surface area contributed by atoms with Gasteiger partial charge in [0, 0.05) is 6.54 Å². The van der Waals surface area contributed by atoms with Crippen LogP contribution in [0.15, 0.2) is 12.1 Å². The van der Waals surface area contributed by atoms with Crippen LogP contribution in [0.3, 0.4) is 0 Å². The van der Waals surface area contributed by atoms with Crippen LogP contribution in [0.5, 0.6) is 0 Å². The molecule has 0 aromatic carbocycles. The fourth-order valence-corrected chi connectivity index (χ4v) is 2.25. The number of hydrogen-bond donors (Lipinski definition) is 0. The first kappa shape index (κ1) is 14.8. The molecule has 8 heteroatoms. The molecular weight excluding hydrogens is 289 g/mol. The highest BCUT2D eigenvalue weighted by molar-refractivity contribution is 7.17. The van der Waals surface area contributed by atoms with Gasteiger partial charge in [0.2, 0.25) is 0 Å². The zero-order valence-electron chi connectivity index (χ0n) is 9.00. The molecule has 0 N–H and O–H groups in total. The first-order valence-electron chi connectivity index (χ1n) is 4.82. The van der Waals surface area contributed by atoms with Gasteiger partial charge in [0.15, 0.2) is 0 Å². The van der Waals surface area contributed by atoms with Gasteiger partial charge in [0.1, 0.15) is 6.54 Å². The van der Waals surface area contributed by atoms with Crippen molar-refractivity contribution in [1.82, 2.24) is 4.90 Å². The number of nitrogens with zero attached hydrogens (tertiary/aromatic N) is 2. The number of carbonyl (C=O) groups is 1. The van der Waals surface area contributed by atoms with Crippen LogP contribution in [0.25, 0.3) is 0 Å². The lowest BCUT2D eigenvalue weighted by Gasteiger charge is -2.22. The van der Waals surface area contributed by atoms with E-state index in [2.05, 4.69) is 0 Å². The molecule has 18 heavy (non-hydrogen) atoms. The van der Waals surface area contributed by atoms with Crippen LogP contribution in [0.1, 0.15) is 16.1 Å². The Morgan fingerprint density at radius 1 is 1.50 bits per heavy atom. The number of carbonyl (C=O) groups excluding carboxylic acids is 1. The molecule has 3 nitrogen and oxygen atoms in total. The van der Waals surface area contributed by atoms with Crippen LogP contribution in [0, 0.1) is 11.3 Å². The lowest BCUT2D eigenvalue weighted by Crippen LogP contribution is -2.39. The standard InChI is InChI=1S/C10H8ClF3N2OS/c11-8-3-2-7(18-8)9(17)16(5-1-4-15)6-10(12,13)14/h2-3H,1,5-6H2. The van der Waals surface area contributed by atoms with Gasteiger partial charge < -0.3 is 4.90 Å². The molecule has 0 fully saturated rings. The maximum Gasteiger partial charge on any atom is 0.406 e. The van der Waals surface area contributed by atoms with E-state index in [1.165, 1.54) is 12.1 Å². The van der Waals surface area contributed by atoms with Crippen molar-refractivity contribution in [2.45, 2.75) is 12.6 Å². The zero-order valence-corrected chi connectivity index (χ0v) is 10.6. The molecule has 0 aliphatic rings. The van der Waals surface area contributed by atoms with Gasteiger partial charge in [-0.3, -0.25) is 4.79 Å². The maximum absolute atomic E-state index is 12.3. The first-order valence-corrected chi connectivity index (χ1v) is 6.01. The van der Waals surface area contributed by atoms with Gasteiger partial charge in [-0.05, 0) is 12.1 Å². The minimum Gasteiger partial charge on any atom is -0.328 e. The molecule has 0 aliphatic heterocycles. The molecule has 0 saturated carbocycles. The molecule has 0 atom stereocenters. The smallest absolute Gasteiger partial charge is 0.328 e. The van der Waals surface area contributed by atoms with E-state index in [0.717, 1.165) is 11.3 Å². The summed E-state index contributed by atoms with van der Waals surface area (Å²) in [5, 5.41) is 8.38. The molecule has 1 heterocycles. The molecule has 1 amide bonds. The van der Waals surface area contributed by atoms with Crippen LogP contribution >= 0.6 is 22.9 Å². The summed E-state index contributed by atoms with van der Waals surface area (Å²) in [5.41, 5.74) is 0. The molecular formula is C10H8ClF3N2OS. The van der Waals surface area contributed by atoms with E-state index in [-0.39, 0.29) is 17.8 Å². The minimum atomic E-state index is -4.49. The SMILES string of the molecule is N#CCCN(CC(F)(F)F)C(=O)c1ccc(Cl)s1. The number of amides is 1. The third-order valence-corrected chi connectivity index (χ3v) is 3.15. The molecule has 98 valence electrons. The monoisotopic (exact) mass is 296 g/mol. The molecule has 0 saturated heterocycles. The normalized spacial score (nSPS) is 11.1. The van der Waals surface area contributed by atoms with Gasteiger partial charge in [-0.15, -0.1) is 11.3 Å². The molecule has 0 radical (unpaired) electrons. The summed E-state index contributed by atoms with van der Waals surface area (Å²) in [4.78, 5) is 12.5. The van der Waals surface area contributed by atoms with Crippen molar-refractivity contribution in [1.29, 1.82) is 5.26 Å². The van der Waals surface area contributed by atoms with Crippen molar-refractivity contribution >= 4 is 28.8 Å². The van der Waals surface area contributed by atoms with Crippen LogP contribution in [0.4, 0.5) is 13.2 Å². The lowest BCUT2D eigenvalue weighted by molar-refractivity contribution is -0.140. The molecule has 0 bridgehead atoms. The first-order chi connectivity index (χ1) is 8.33. The predicted octanol–water partition coefficient (Wildman–Crippen LogP) is 3.32. The topological polar surface area (TPSA) is 44.1 Å². The number of thiophene rings is 1. The zero-order chi connectivity index (χ0) is 13.8. The Labute approximate surface area is 110 Å². The average Bonchev–Trinajstić information content (AvgIpc) is 2.68. The van der Waals surface area contributed by atoms with Gasteiger partial charge in [-0.1, -0.05) is 11.6 Å². The molecule has 1 aromatic heterocycles. The van der Waals surface area contributed by atoms with E-state index in [4.69, 9.17) is 16.9 Å². The number of rotatable bonds is 4. The molecule has 0 aliphatic carbocycles. The van der Waals surface area contributed by atoms with Crippen molar-refractivity contribution in [2.75, 3.05) is 13.1 Å². The van der Waals surface area contributed by atoms with E-state index in [1.807, 2.05) is 0 Å². The summed E-state index contributed by atoms with van der Waals surface area (Å²) in [6.07, 6.45) is -4.65. The third kappa shape index (κ3) is 4.55. The maximum atomic E-state index is 12.3. The van der Waals surface area contributed by atoms with Gasteiger partial charge >= 0.3 is 6.18 Å². The lowest BCUT2D eigenvalue weighted by atomic mass is 10.3. The number of alkyl halides is 3. The summed E-state index contributed by atoms with van der Waals surface area (Å²) in [6.45, 7) is -1.63. The van der Waals surface area contributed by atoms with Crippen molar-refractivity contribution in [3.63, 3.8) is 0 Å². The summed E-state index contributed by atoms with van der Waals surface area (Å²) in [7, 11) is 0. The fraction of sp³-hybridized carbons (Fsp3) is 0.400. The van der Waals surface area contributed by atoms with Crippen LogP contribution in [-0.2, 0) is 0 Å². The van der Waals surface area contributed by atoms with E-state index in [0.29, 0.717) is 9.24 Å². The summed E-state index contributed by atoms with van der Waals surface area (Å²) in [6, 6.07) is 4.52. The number of nitriles is 1. The highest BCUT2D eigenvalue weighted by Gasteiger charge is 2.33. The summed E-state index contributed by atoms with van der Waals surface area (Å²) >= 11 is 6.53. The van der Waals surface area contributed by atoms with E-state index in [1.54, 1.807) is 6.07 Å². The van der Waals surface area contributed by atoms with Crippen molar-refractivity contribution < 1.29 is 18.0 Å². The Hall–Kier alpha value is -1.26. The third-order valence-electron chi connectivity index (χ3n) is 1.93. The minimum absolute atomic E-state index is 0.127. The second kappa shape index (κ2) is 6.07. The molecule has 0 unspecified atom stereocenters. The van der Waals surface area contributed by atoms with Crippen LogP contribution in [-0.4, -0.2) is 30.1 Å². The van der Waals surface area contributed by atoms with Gasteiger partial charge in [0.25, 0.3) is 5.91 Å². The van der Waals surface area contributed by atoms with Crippen LogP contribution in [0.2, 0.25) is 4.34 Å². The average molecular weight is 297 g/mol.